The van der Waals surface area contributed by atoms with Crippen LogP contribution in [0.3, 0.4) is 0 Å². The maximum atomic E-state index is 13.8. The highest BCUT2D eigenvalue weighted by Gasteiger charge is 2.72. The average Bonchev–Trinajstić information content (AvgIpc) is 2.47. The third-order valence-electron chi connectivity index (χ3n) is 3.86. The zero-order valence-electron chi connectivity index (χ0n) is 12.8. The number of rotatable bonds is 3. The van der Waals surface area contributed by atoms with Crippen molar-refractivity contribution in [3.63, 3.8) is 0 Å². The molecule has 2 aromatic rings. The van der Waals surface area contributed by atoms with Crippen molar-refractivity contribution in [2.45, 2.75) is 24.7 Å². The van der Waals surface area contributed by atoms with Crippen LogP contribution in [-0.2, 0) is 5.41 Å². The Labute approximate surface area is 134 Å². The van der Waals surface area contributed by atoms with Crippen molar-refractivity contribution >= 4 is 0 Å². The predicted molar refractivity (Wildman–Crippen MR) is 77.1 cm³/mol. The van der Waals surface area contributed by atoms with E-state index in [-0.39, 0.29) is 5.75 Å². The molecule has 0 saturated heterocycles. The third kappa shape index (κ3) is 2.83. The smallest absolute Gasteiger partial charge is 0.411 e. The van der Waals surface area contributed by atoms with Crippen LogP contribution in [0.15, 0.2) is 48.5 Å². The van der Waals surface area contributed by atoms with Crippen LogP contribution in [0, 0.1) is 6.92 Å². The van der Waals surface area contributed by atoms with Crippen LogP contribution in [0.5, 0.6) is 5.75 Å². The first-order valence-electron chi connectivity index (χ1n) is 6.89. The highest BCUT2D eigenvalue weighted by Crippen LogP contribution is 2.56. The Morgan fingerprint density at radius 2 is 1.04 bits per heavy atom. The molecule has 0 aliphatic carbocycles. The largest absolute Gasteiger partial charge is 0.497 e. The van der Waals surface area contributed by atoms with E-state index in [9.17, 15) is 26.3 Å². The molecule has 0 saturated carbocycles. The zero-order valence-corrected chi connectivity index (χ0v) is 12.8. The van der Waals surface area contributed by atoms with Crippen LogP contribution in [0.2, 0.25) is 0 Å². The van der Waals surface area contributed by atoms with E-state index in [1.807, 2.05) is 0 Å². The quantitative estimate of drug-likeness (QED) is 0.674. The van der Waals surface area contributed by atoms with E-state index in [1.54, 1.807) is 6.92 Å². The Morgan fingerprint density at radius 1 is 0.667 bits per heavy atom. The van der Waals surface area contributed by atoms with Crippen molar-refractivity contribution in [1.29, 1.82) is 0 Å². The number of hydrogen-bond acceptors (Lipinski definition) is 1. The van der Waals surface area contributed by atoms with Crippen LogP contribution in [-0.4, -0.2) is 19.5 Å². The molecule has 0 radical (unpaired) electrons. The van der Waals surface area contributed by atoms with Crippen molar-refractivity contribution in [3.8, 4) is 5.75 Å². The van der Waals surface area contributed by atoms with Crippen molar-refractivity contribution in [1.82, 2.24) is 0 Å². The fraction of sp³-hybridized carbons (Fsp3) is 0.294. The Balaban J connectivity index is 2.83. The molecule has 130 valence electrons. The van der Waals surface area contributed by atoms with Gasteiger partial charge in [0.2, 0.25) is 5.41 Å². The second kappa shape index (κ2) is 6.03. The van der Waals surface area contributed by atoms with Gasteiger partial charge >= 0.3 is 12.4 Å². The molecule has 2 rings (SSSR count). The van der Waals surface area contributed by atoms with Gasteiger partial charge in [0.05, 0.1) is 7.11 Å². The summed E-state index contributed by atoms with van der Waals surface area (Å²) in [6.07, 6.45) is -11.1. The molecule has 0 amide bonds. The first-order chi connectivity index (χ1) is 11.0. The summed E-state index contributed by atoms with van der Waals surface area (Å²) >= 11 is 0. The van der Waals surface area contributed by atoms with Crippen molar-refractivity contribution in [2.24, 2.45) is 0 Å². The molecule has 0 aliphatic heterocycles. The first-order valence-corrected chi connectivity index (χ1v) is 6.89. The second-order valence-corrected chi connectivity index (χ2v) is 5.34. The van der Waals surface area contributed by atoms with Crippen molar-refractivity contribution < 1.29 is 31.1 Å². The molecule has 1 nitrogen and oxygen atoms in total. The molecule has 0 atom stereocenters. The van der Waals surface area contributed by atoms with Gasteiger partial charge in [0.1, 0.15) is 5.75 Å². The summed E-state index contributed by atoms with van der Waals surface area (Å²) in [7, 11) is 1.27. The van der Waals surface area contributed by atoms with Crippen LogP contribution in [0.4, 0.5) is 26.3 Å². The molecular weight excluding hydrogens is 334 g/mol. The minimum absolute atomic E-state index is 0.168. The van der Waals surface area contributed by atoms with E-state index < -0.39 is 28.9 Å². The Kier molecular flexibility index (Phi) is 4.57. The Morgan fingerprint density at radius 3 is 1.38 bits per heavy atom. The van der Waals surface area contributed by atoms with E-state index in [0.717, 1.165) is 36.4 Å². The lowest BCUT2D eigenvalue weighted by Crippen LogP contribution is -2.54. The summed E-state index contributed by atoms with van der Waals surface area (Å²) in [4.78, 5) is 0. The highest BCUT2D eigenvalue weighted by molar-refractivity contribution is 5.46. The lowest BCUT2D eigenvalue weighted by Gasteiger charge is -2.38. The third-order valence-corrected chi connectivity index (χ3v) is 3.86. The van der Waals surface area contributed by atoms with Crippen molar-refractivity contribution in [3.05, 3.63) is 65.2 Å². The number of halogens is 6. The SMILES string of the molecule is COc1ccc(C(c2ccc(C)cc2)(C(F)(F)F)C(F)(F)F)cc1. The molecule has 7 heteroatoms. The van der Waals surface area contributed by atoms with E-state index in [0.29, 0.717) is 5.56 Å². The molecule has 2 aromatic carbocycles. The minimum Gasteiger partial charge on any atom is -0.497 e. The maximum absolute atomic E-state index is 13.8. The van der Waals surface area contributed by atoms with Gasteiger partial charge in [-0.15, -0.1) is 0 Å². The fourth-order valence-corrected chi connectivity index (χ4v) is 2.63. The van der Waals surface area contributed by atoms with E-state index in [2.05, 4.69) is 0 Å². The average molecular weight is 348 g/mol. The standard InChI is InChI=1S/C17H14F6O/c1-11-3-5-12(6-4-11)15(16(18,19)20,17(21,22)23)13-7-9-14(24-2)10-8-13/h3-10H,1-2H3. The molecule has 0 spiro atoms. The number of methoxy groups -OCH3 is 1. The number of ether oxygens (including phenoxy) is 1. The van der Waals surface area contributed by atoms with Crippen LogP contribution < -0.4 is 4.74 Å². The van der Waals surface area contributed by atoms with Gasteiger partial charge in [-0.2, -0.15) is 26.3 Å². The summed E-state index contributed by atoms with van der Waals surface area (Å²) in [5.74, 6) is 0.168. The normalized spacial score (nSPS) is 13.0. The molecule has 0 bridgehead atoms. The fourth-order valence-electron chi connectivity index (χ4n) is 2.63. The number of benzene rings is 2. The van der Waals surface area contributed by atoms with E-state index >= 15 is 0 Å². The van der Waals surface area contributed by atoms with Crippen LogP contribution in [0.25, 0.3) is 0 Å². The lowest BCUT2D eigenvalue weighted by molar-refractivity contribution is -0.288. The monoisotopic (exact) mass is 348 g/mol. The zero-order chi connectivity index (χ0) is 18.2. The van der Waals surface area contributed by atoms with Gasteiger partial charge in [-0.3, -0.25) is 0 Å². The van der Waals surface area contributed by atoms with Crippen molar-refractivity contribution in [2.75, 3.05) is 7.11 Å². The summed E-state index contributed by atoms with van der Waals surface area (Å²) in [5, 5.41) is 0. The second-order valence-electron chi connectivity index (χ2n) is 5.34. The minimum atomic E-state index is -5.57. The van der Waals surface area contributed by atoms with Gasteiger partial charge < -0.3 is 4.74 Å². The molecule has 0 unspecified atom stereocenters. The summed E-state index contributed by atoms with van der Waals surface area (Å²) in [5.41, 5.74) is -5.34. The van der Waals surface area contributed by atoms with Gasteiger partial charge in [-0.1, -0.05) is 42.0 Å². The van der Waals surface area contributed by atoms with Gasteiger partial charge in [-0.25, -0.2) is 0 Å². The summed E-state index contributed by atoms with van der Waals surface area (Å²) < 4.78 is 87.5. The van der Waals surface area contributed by atoms with Gasteiger partial charge in [0.25, 0.3) is 0 Å². The van der Waals surface area contributed by atoms with Gasteiger partial charge in [-0.05, 0) is 30.2 Å². The predicted octanol–water partition coefficient (Wildman–Crippen LogP) is 5.41. The molecule has 0 aromatic heterocycles. The van der Waals surface area contributed by atoms with E-state index in [4.69, 9.17) is 4.74 Å². The molecule has 0 N–H and O–H groups in total. The van der Waals surface area contributed by atoms with Gasteiger partial charge in [0, 0.05) is 0 Å². The number of alkyl halides is 6. The summed E-state index contributed by atoms with van der Waals surface area (Å²) in [6, 6.07) is 7.92. The highest BCUT2D eigenvalue weighted by atomic mass is 19.4. The molecule has 0 fully saturated rings. The molecule has 0 heterocycles. The maximum Gasteiger partial charge on any atom is 0.411 e. The Hall–Kier alpha value is -2.18. The number of hydrogen-bond donors (Lipinski definition) is 0. The number of aryl methyl sites for hydroxylation is 1. The summed E-state index contributed by atoms with van der Waals surface area (Å²) in [6.45, 7) is 1.58. The van der Waals surface area contributed by atoms with E-state index in [1.165, 1.54) is 19.2 Å². The molecule has 24 heavy (non-hydrogen) atoms. The lowest BCUT2D eigenvalue weighted by atomic mass is 9.72. The first kappa shape index (κ1) is 18.2. The van der Waals surface area contributed by atoms with Crippen LogP contribution in [0.1, 0.15) is 16.7 Å². The van der Waals surface area contributed by atoms with Crippen LogP contribution >= 0.6 is 0 Å². The molecule has 0 aliphatic rings. The topological polar surface area (TPSA) is 9.23 Å². The Bertz CT molecular complexity index is 669. The van der Waals surface area contributed by atoms with Gasteiger partial charge in [0.15, 0.2) is 0 Å². The molecular formula is C17H14F6O.